The van der Waals surface area contributed by atoms with Crippen molar-refractivity contribution in [1.82, 2.24) is 14.8 Å². The summed E-state index contributed by atoms with van der Waals surface area (Å²) < 4.78 is 7.07. The molecule has 2 aromatic rings. The van der Waals surface area contributed by atoms with Gasteiger partial charge in [-0.1, -0.05) is 0 Å². The first-order chi connectivity index (χ1) is 9.19. The summed E-state index contributed by atoms with van der Waals surface area (Å²) in [5, 5.41) is 12.7. The topological polar surface area (TPSA) is 83.7 Å². The SMILES string of the molecule is CC(CCn1cccn1)OC(=O)c1c[nH]c(C#N)c1. The zero-order valence-corrected chi connectivity index (χ0v) is 10.5. The molecule has 0 fully saturated rings. The highest BCUT2D eigenvalue weighted by Gasteiger charge is 2.13. The first-order valence-corrected chi connectivity index (χ1v) is 5.96. The normalized spacial score (nSPS) is 11.8. The molecule has 19 heavy (non-hydrogen) atoms. The highest BCUT2D eigenvalue weighted by molar-refractivity contribution is 5.89. The van der Waals surface area contributed by atoms with E-state index < -0.39 is 5.97 Å². The monoisotopic (exact) mass is 258 g/mol. The zero-order valence-electron chi connectivity index (χ0n) is 10.5. The van der Waals surface area contributed by atoms with Gasteiger partial charge in [0.05, 0.1) is 5.56 Å². The van der Waals surface area contributed by atoms with Crippen LogP contribution in [-0.4, -0.2) is 26.8 Å². The van der Waals surface area contributed by atoms with Crippen LogP contribution in [0.4, 0.5) is 0 Å². The van der Waals surface area contributed by atoms with E-state index in [1.165, 1.54) is 12.3 Å². The number of carbonyl (C=O) groups excluding carboxylic acids is 1. The first-order valence-electron chi connectivity index (χ1n) is 5.96. The van der Waals surface area contributed by atoms with E-state index in [0.717, 1.165) is 0 Å². The number of rotatable bonds is 5. The molecule has 0 aromatic carbocycles. The van der Waals surface area contributed by atoms with Gasteiger partial charge in [0, 0.05) is 31.6 Å². The van der Waals surface area contributed by atoms with Gasteiger partial charge in [-0.3, -0.25) is 4.68 Å². The van der Waals surface area contributed by atoms with Crippen LogP contribution in [0.15, 0.2) is 30.7 Å². The van der Waals surface area contributed by atoms with Crippen LogP contribution >= 0.6 is 0 Å². The van der Waals surface area contributed by atoms with Gasteiger partial charge in [0.25, 0.3) is 0 Å². The van der Waals surface area contributed by atoms with Gasteiger partial charge in [-0.25, -0.2) is 4.79 Å². The number of aryl methyl sites for hydroxylation is 1. The molecule has 1 atom stereocenters. The maximum Gasteiger partial charge on any atom is 0.339 e. The first kappa shape index (κ1) is 12.9. The summed E-state index contributed by atoms with van der Waals surface area (Å²) in [7, 11) is 0. The molecule has 0 aliphatic carbocycles. The molecule has 2 rings (SSSR count). The third kappa shape index (κ3) is 3.45. The number of nitrogens with zero attached hydrogens (tertiary/aromatic N) is 3. The van der Waals surface area contributed by atoms with Crippen molar-refractivity contribution in [2.24, 2.45) is 0 Å². The third-order valence-corrected chi connectivity index (χ3v) is 2.67. The number of H-pyrrole nitrogens is 1. The molecule has 0 saturated heterocycles. The van der Waals surface area contributed by atoms with E-state index in [4.69, 9.17) is 10.00 Å². The van der Waals surface area contributed by atoms with Crippen LogP contribution in [0.1, 0.15) is 29.4 Å². The molecule has 0 amide bonds. The Bertz CT molecular complexity index is 580. The van der Waals surface area contributed by atoms with Gasteiger partial charge in [-0.15, -0.1) is 0 Å². The number of carbonyl (C=O) groups is 1. The molecule has 98 valence electrons. The quantitative estimate of drug-likeness (QED) is 0.827. The largest absolute Gasteiger partial charge is 0.459 e. The molecule has 0 aliphatic rings. The lowest BCUT2D eigenvalue weighted by Crippen LogP contribution is -2.17. The minimum atomic E-state index is -0.425. The zero-order chi connectivity index (χ0) is 13.7. The fourth-order valence-corrected chi connectivity index (χ4v) is 1.63. The number of hydrogen-bond acceptors (Lipinski definition) is 4. The van der Waals surface area contributed by atoms with Crippen LogP contribution < -0.4 is 0 Å². The van der Waals surface area contributed by atoms with E-state index in [1.54, 1.807) is 10.9 Å². The molecule has 0 bridgehead atoms. The molecular weight excluding hydrogens is 244 g/mol. The fourth-order valence-electron chi connectivity index (χ4n) is 1.63. The molecule has 1 unspecified atom stereocenters. The van der Waals surface area contributed by atoms with Crippen LogP contribution in [0.2, 0.25) is 0 Å². The van der Waals surface area contributed by atoms with Crippen LogP contribution in [-0.2, 0) is 11.3 Å². The second-order valence-corrected chi connectivity index (χ2v) is 4.19. The molecule has 0 aliphatic heterocycles. The lowest BCUT2D eigenvalue weighted by atomic mass is 10.2. The van der Waals surface area contributed by atoms with Gasteiger partial charge in [0.15, 0.2) is 0 Å². The minimum absolute atomic E-state index is 0.211. The summed E-state index contributed by atoms with van der Waals surface area (Å²) in [6, 6.07) is 5.25. The lowest BCUT2D eigenvalue weighted by Gasteiger charge is -2.12. The highest BCUT2D eigenvalue weighted by Crippen LogP contribution is 2.08. The lowest BCUT2D eigenvalue weighted by molar-refractivity contribution is 0.0314. The average molecular weight is 258 g/mol. The summed E-state index contributed by atoms with van der Waals surface area (Å²) in [5.74, 6) is -0.425. The second-order valence-electron chi connectivity index (χ2n) is 4.19. The van der Waals surface area contributed by atoms with Gasteiger partial charge in [0.2, 0.25) is 0 Å². The number of aromatic amines is 1. The Balaban J connectivity index is 1.83. The van der Waals surface area contributed by atoms with Crippen molar-refractivity contribution in [2.75, 3.05) is 0 Å². The van der Waals surface area contributed by atoms with E-state index in [9.17, 15) is 4.79 Å². The Hall–Kier alpha value is -2.55. The van der Waals surface area contributed by atoms with Crippen LogP contribution in [0.5, 0.6) is 0 Å². The van der Waals surface area contributed by atoms with E-state index in [2.05, 4.69) is 10.1 Å². The van der Waals surface area contributed by atoms with Gasteiger partial charge in [-0.2, -0.15) is 10.4 Å². The van der Waals surface area contributed by atoms with E-state index in [0.29, 0.717) is 24.2 Å². The van der Waals surface area contributed by atoms with Gasteiger partial charge in [-0.05, 0) is 19.1 Å². The van der Waals surface area contributed by atoms with Crippen LogP contribution in [0.25, 0.3) is 0 Å². The van der Waals surface area contributed by atoms with Gasteiger partial charge < -0.3 is 9.72 Å². The smallest absolute Gasteiger partial charge is 0.339 e. The number of ether oxygens (including phenoxy) is 1. The Morgan fingerprint density at radius 3 is 3.16 bits per heavy atom. The maximum atomic E-state index is 11.8. The maximum absolute atomic E-state index is 11.8. The molecule has 0 saturated carbocycles. The molecule has 1 N–H and O–H groups in total. The van der Waals surface area contributed by atoms with Crippen molar-refractivity contribution in [3.63, 3.8) is 0 Å². The summed E-state index contributed by atoms with van der Waals surface area (Å²) in [6.45, 7) is 2.53. The van der Waals surface area contributed by atoms with E-state index in [-0.39, 0.29) is 6.10 Å². The molecule has 0 spiro atoms. The van der Waals surface area contributed by atoms with Crippen molar-refractivity contribution in [2.45, 2.75) is 26.0 Å². The summed E-state index contributed by atoms with van der Waals surface area (Å²) in [6.07, 6.45) is 5.52. The van der Waals surface area contributed by atoms with E-state index >= 15 is 0 Å². The number of esters is 1. The van der Waals surface area contributed by atoms with Crippen molar-refractivity contribution in [3.05, 3.63) is 42.0 Å². The number of hydrogen-bond donors (Lipinski definition) is 1. The van der Waals surface area contributed by atoms with Crippen molar-refractivity contribution in [3.8, 4) is 6.07 Å². The third-order valence-electron chi connectivity index (χ3n) is 2.67. The highest BCUT2D eigenvalue weighted by atomic mass is 16.5. The Kier molecular flexibility index (Phi) is 3.98. The van der Waals surface area contributed by atoms with Crippen molar-refractivity contribution >= 4 is 5.97 Å². The second kappa shape index (κ2) is 5.87. The van der Waals surface area contributed by atoms with Gasteiger partial charge in [0.1, 0.15) is 17.9 Å². The van der Waals surface area contributed by atoms with Crippen molar-refractivity contribution in [1.29, 1.82) is 5.26 Å². The van der Waals surface area contributed by atoms with Gasteiger partial charge >= 0.3 is 5.97 Å². The fraction of sp³-hybridized carbons (Fsp3) is 0.308. The number of aromatic nitrogens is 3. The van der Waals surface area contributed by atoms with Crippen molar-refractivity contribution < 1.29 is 9.53 Å². The van der Waals surface area contributed by atoms with Crippen LogP contribution in [0.3, 0.4) is 0 Å². The minimum Gasteiger partial charge on any atom is -0.459 e. The summed E-state index contributed by atoms with van der Waals surface area (Å²) >= 11 is 0. The molecule has 2 aromatic heterocycles. The molecule has 2 heterocycles. The molecule has 0 radical (unpaired) electrons. The number of nitrogens with one attached hydrogen (secondary N) is 1. The predicted octanol–water partition coefficient (Wildman–Crippen LogP) is 1.72. The predicted molar refractivity (Wildman–Crippen MR) is 67.2 cm³/mol. The standard InChI is InChI=1S/C13H14N4O2/c1-10(3-6-17-5-2-4-16-17)19-13(18)11-7-12(8-14)15-9-11/h2,4-5,7,9-10,15H,3,6H2,1H3. The Labute approximate surface area is 110 Å². The summed E-state index contributed by atoms with van der Waals surface area (Å²) in [4.78, 5) is 14.5. The molecular formula is C13H14N4O2. The van der Waals surface area contributed by atoms with E-state index in [1.807, 2.05) is 25.3 Å². The van der Waals surface area contributed by atoms with Crippen LogP contribution in [0, 0.1) is 11.3 Å². The molecule has 6 nitrogen and oxygen atoms in total. The molecule has 6 heteroatoms. The Morgan fingerprint density at radius 2 is 2.53 bits per heavy atom. The summed E-state index contributed by atoms with van der Waals surface area (Å²) in [5.41, 5.74) is 0.707. The number of nitriles is 1. The Morgan fingerprint density at radius 1 is 1.68 bits per heavy atom. The average Bonchev–Trinajstić information content (AvgIpc) is 3.07.